The van der Waals surface area contributed by atoms with Crippen molar-refractivity contribution in [1.82, 2.24) is 9.88 Å². The summed E-state index contributed by atoms with van der Waals surface area (Å²) in [6.07, 6.45) is 0.501. The zero-order valence-corrected chi connectivity index (χ0v) is 13.7. The molecule has 1 rings (SSSR count). The van der Waals surface area contributed by atoms with Crippen molar-refractivity contribution in [3.63, 3.8) is 0 Å². The van der Waals surface area contributed by atoms with Gasteiger partial charge in [-0.05, 0) is 26.2 Å². The summed E-state index contributed by atoms with van der Waals surface area (Å²) in [6.45, 7) is 8.32. The Kier molecular flexibility index (Phi) is 6.61. The van der Waals surface area contributed by atoms with Crippen LogP contribution in [0.2, 0.25) is 0 Å². The molecule has 0 aromatic carbocycles. The molecule has 7 heteroatoms. The fourth-order valence-electron chi connectivity index (χ4n) is 1.77. The van der Waals surface area contributed by atoms with E-state index in [1.54, 1.807) is 4.90 Å². The molecule has 0 saturated carbocycles. The molecule has 2 amide bonds. The van der Waals surface area contributed by atoms with E-state index < -0.39 is 5.97 Å². The first kappa shape index (κ1) is 17.4. The van der Waals surface area contributed by atoms with Crippen LogP contribution in [0.1, 0.15) is 52.1 Å². The number of carbonyl (C=O) groups excluding carboxylic acids is 1. The van der Waals surface area contributed by atoms with Gasteiger partial charge in [0, 0.05) is 24.4 Å². The van der Waals surface area contributed by atoms with E-state index in [1.807, 2.05) is 33.1 Å². The van der Waals surface area contributed by atoms with E-state index in [0.717, 1.165) is 5.69 Å². The van der Waals surface area contributed by atoms with Crippen molar-refractivity contribution in [2.75, 3.05) is 11.9 Å². The van der Waals surface area contributed by atoms with E-state index in [0.29, 0.717) is 24.0 Å². The van der Waals surface area contributed by atoms with Crippen molar-refractivity contribution in [2.45, 2.75) is 52.5 Å². The molecule has 118 valence electrons. The van der Waals surface area contributed by atoms with E-state index >= 15 is 0 Å². The Bertz CT molecular complexity index is 486. The maximum absolute atomic E-state index is 12.2. The molecule has 0 saturated heterocycles. The summed E-state index contributed by atoms with van der Waals surface area (Å²) in [5.41, 5.74) is 0.956. The van der Waals surface area contributed by atoms with E-state index in [-0.39, 0.29) is 18.5 Å². The third-order valence-electron chi connectivity index (χ3n) is 3.00. The molecule has 0 spiro atoms. The van der Waals surface area contributed by atoms with Crippen LogP contribution in [0.25, 0.3) is 0 Å². The number of urea groups is 1. The predicted octanol–water partition coefficient (Wildman–Crippen LogP) is 3.37. The molecule has 0 atom stereocenters. The van der Waals surface area contributed by atoms with Gasteiger partial charge in [-0.3, -0.25) is 10.1 Å². The summed E-state index contributed by atoms with van der Waals surface area (Å²) in [6, 6.07) is -0.233. The van der Waals surface area contributed by atoms with Gasteiger partial charge >= 0.3 is 12.0 Å². The fraction of sp³-hybridized carbons (Fsp3) is 0.643. The summed E-state index contributed by atoms with van der Waals surface area (Å²) in [4.78, 5) is 28.8. The second-order valence-electron chi connectivity index (χ2n) is 5.45. The van der Waals surface area contributed by atoms with Crippen LogP contribution in [-0.4, -0.2) is 39.6 Å². The van der Waals surface area contributed by atoms with Crippen LogP contribution in [-0.2, 0) is 4.79 Å². The minimum absolute atomic E-state index is 0.00308. The van der Waals surface area contributed by atoms with Crippen LogP contribution >= 0.6 is 11.3 Å². The van der Waals surface area contributed by atoms with E-state index in [2.05, 4.69) is 10.3 Å². The van der Waals surface area contributed by atoms with E-state index in [4.69, 9.17) is 5.11 Å². The number of nitrogens with zero attached hydrogens (tertiary/aromatic N) is 2. The largest absolute Gasteiger partial charge is 0.481 e. The van der Waals surface area contributed by atoms with Crippen LogP contribution in [0, 0.1) is 0 Å². The SMILES string of the molecule is CC(C)c1csc(NC(=O)N(CCCC(=O)O)C(C)C)n1. The second-order valence-corrected chi connectivity index (χ2v) is 6.30. The summed E-state index contributed by atoms with van der Waals surface area (Å²) in [5, 5.41) is 14.0. The van der Waals surface area contributed by atoms with Gasteiger partial charge in [0.2, 0.25) is 0 Å². The lowest BCUT2D eigenvalue weighted by atomic mass is 10.2. The average molecular weight is 313 g/mol. The van der Waals surface area contributed by atoms with Gasteiger partial charge in [-0.2, -0.15) is 0 Å². The van der Waals surface area contributed by atoms with Crippen LogP contribution in [0.3, 0.4) is 0 Å². The minimum atomic E-state index is -0.847. The number of rotatable bonds is 7. The molecule has 21 heavy (non-hydrogen) atoms. The number of anilines is 1. The first-order valence-electron chi connectivity index (χ1n) is 7.06. The number of hydrogen-bond donors (Lipinski definition) is 2. The minimum Gasteiger partial charge on any atom is -0.481 e. The Hall–Kier alpha value is -1.63. The maximum atomic E-state index is 12.2. The Balaban J connectivity index is 2.61. The third-order valence-corrected chi connectivity index (χ3v) is 3.78. The van der Waals surface area contributed by atoms with Crippen molar-refractivity contribution in [2.24, 2.45) is 0 Å². The molecule has 0 unspecified atom stereocenters. The number of aliphatic carboxylic acids is 1. The van der Waals surface area contributed by atoms with Gasteiger partial charge in [0.1, 0.15) is 0 Å². The standard InChI is InChI=1S/C14H23N3O3S/c1-9(2)11-8-21-13(15-11)16-14(20)17(10(3)4)7-5-6-12(18)19/h8-10H,5-7H2,1-4H3,(H,18,19)(H,15,16,20). The first-order chi connectivity index (χ1) is 9.81. The Morgan fingerprint density at radius 1 is 1.38 bits per heavy atom. The van der Waals surface area contributed by atoms with Crippen molar-refractivity contribution < 1.29 is 14.7 Å². The predicted molar refractivity (Wildman–Crippen MR) is 83.9 cm³/mol. The number of aromatic nitrogens is 1. The van der Waals surface area contributed by atoms with E-state index in [1.165, 1.54) is 11.3 Å². The van der Waals surface area contributed by atoms with Crippen molar-refractivity contribution in [3.05, 3.63) is 11.1 Å². The monoisotopic (exact) mass is 313 g/mol. The first-order valence-corrected chi connectivity index (χ1v) is 7.94. The van der Waals surface area contributed by atoms with Crippen molar-refractivity contribution in [1.29, 1.82) is 0 Å². The van der Waals surface area contributed by atoms with Crippen LogP contribution in [0.15, 0.2) is 5.38 Å². The third kappa shape index (κ3) is 5.71. The van der Waals surface area contributed by atoms with E-state index in [9.17, 15) is 9.59 Å². The van der Waals surface area contributed by atoms with Crippen molar-refractivity contribution in [3.8, 4) is 0 Å². The lowest BCUT2D eigenvalue weighted by molar-refractivity contribution is -0.137. The summed E-state index contributed by atoms with van der Waals surface area (Å²) < 4.78 is 0. The Labute approximate surface area is 129 Å². The number of carboxylic acids is 1. The molecule has 2 N–H and O–H groups in total. The normalized spacial score (nSPS) is 11.0. The highest BCUT2D eigenvalue weighted by atomic mass is 32.1. The topological polar surface area (TPSA) is 82.5 Å². The van der Waals surface area contributed by atoms with Crippen molar-refractivity contribution >= 4 is 28.5 Å². The summed E-state index contributed by atoms with van der Waals surface area (Å²) in [5.74, 6) is -0.524. The zero-order valence-electron chi connectivity index (χ0n) is 12.9. The molecule has 0 aliphatic heterocycles. The molecule has 1 aromatic heterocycles. The van der Waals surface area contributed by atoms with Gasteiger partial charge in [-0.1, -0.05) is 13.8 Å². The molecule has 0 radical (unpaired) electrons. The summed E-state index contributed by atoms with van der Waals surface area (Å²) in [7, 11) is 0. The smallest absolute Gasteiger partial charge is 0.323 e. The molecule has 0 bridgehead atoms. The molecule has 1 aromatic rings. The molecular formula is C14H23N3O3S. The number of thiazole rings is 1. The second kappa shape index (κ2) is 7.97. The number of amides is 2. The average Bonchev–Trinajstić information content (AvgIpc) is 2.82. The highest BCUT2D eigenvalue weighted by Gasteiger charge is 2.18. The Morgan fingerprint density at radius 3 is 2.52 bits per heavy atom. The number of carbonyl (C=O) groups is 2. The van der Waals surface area contributed by atoms with Crippen LogP contribution in [0.4, 0.5) is 9.93 Å². The molecule has 6 nitrogen and oxygen atoms in total. The van der Waals surface area contributed by atoms with Gasteiger partial charge in [0.05, 0.1) is 5.69 Å². The number of nitrogens with one attached hydrogen (secondary N) is 1. The van der Waals surface area contributed by atoms with Gasteiger partial charge in [0.25, 0.3) is 0 Å². The number of hydrogen-bond acceptors (Lipinski definition) is 4. The Morgan fingerprint density at radius 2 is 2.05 bits per heavy atom. The molecule has 0 aliphatic rings. The molecular weight excluding hydrogens is 290 g/mol. The highest BCUT2D eigenvalue weighted by molar-refractivity contribution is 7.13. The maximum Gasteiger partial charge on any atom is 0.323 e. The quantitative estimate of drug-likeness (QED) is 0.808. The van der Waals surface area contributed by atoms with Crippen LogP contribution < -0.4 is 5.32 Å². The number of carboxylic acid groups (broad SMARTS) is 1. The molecule has 0 aliphatic carbocycles. The molecule has 1 heterocycles. The lowest BCUT2D eigenvalue weighted by Gasteiger charge is -2.26. The zero-order chi connectivity index (χ0) is 16.0. The molecule has 0 fully saturated rings. The van der Waals surface area contributed by atoms with Crippen LogP contribution in [0.5, 0.6) is 0 Å². The summed E-state index contributed by atoms with van der Waals surface area (Å²) >= 11 is 1.40. The highest BCUT2D eigenvalue weighted by Crippen LogP contribution is 2.22. The van der Waals surface area contributed by atoms with Gasteiger partial charge < -0.3 is 10.0 Å². The lowest BCUT2D eigenvalue weighted by Crippen LogP contribution is -2.40. The van der Waals surface area contributed by atoms with Gasteiger partial charge in [-0.25, -0.2) is 9.78 Å². The van der Waals surface area contributed by atoms with Gasteiger partial charge in [-0.15, -0.1) is 11.3 Å². The fourth-order valence-corrected chi connectivity index (χ4v) is 2.63. The van der Waals surface area contributed by atoms with Gasteiger partial charge in [0.15, 0.2) is 5.13 Å².